The van der Waals surface area contributed by atoms with Crippen molar-refractivity contribution in [1.29, 1.82) is 0 Å². The van der Waals surface area contributed by atoms with E-state index in [0.717, 1.165) is 37.6 Å². The molecule has 54 heavy (non-hydrogen) atoms. The maximum absolute atomic E-state index is 12.6. The van der Waals surface area contributed by atoms with Gasteiger partial charge in [-0.25, -0.2) is 0 Å². The van der Waals surface area contributed by atoms with Crippen molar-refractivity contribution in [2.75, 3.05) is 49.2 Å². The number of carbonyl (C=O) groups excluding carboxylic acids is 1. The third-order valence-electron chi connectivity index (χ3n) is 9.15. The second kappa shape index (κ2) is 15.6. The lowest BCUT2D eigenvalue weighted by atomic mass is 9.64. The molecule has 5 rings (SSSR count). The molecule has 0 heterocycles. The monoisotopic (exact) mass is 740 g/mol. The van der Waals surface area contributed by atoms with Crippen LogP contribution in [-0.2, 0) is 29.4 Å². The average Bonchev–Trinajstić information content (AvgIpc) is 3.07. The highest BCUT2D eigenvalue weighted by atomic mass is 16.5. The summed E-state index contributed by atoms with van der Waals surface area (Å²) in [5, 5.41) is 48.8. The van der Waals surface area contributed by atoms with Crippen LogP contribution in [-0.4, -0.2) is 94.6 Å². The summed E-state index contributed by atoms with van der Waals surface area (Å²) in [7, 11) is 0. The molecule has 14 nitrogen and oxygen atoms in total. The van der Waals surface area contributed by atoms with Gasteiger partial charge in [0, 0.05) is 5.41 Å². The highest BCUT2D eigenvalue weighted by Crippen LogP contribution is 2.51. The van der Waals surface area contributed by atoms with Gasteiger partial charge in [-0.3, -0.25) is 24.0 Å². The number of benzene rings is 3. The van der Waals surface area contributed by atoms with Crippen LogP contribution in [0.2, 0.25) is 0 Å². The minimum Gasteiger partial charge on any atom is -0.508 e. The number of phenols is 1. The van der Waals surface area contributed by atoms with Crippen LogP contribution in [0.1, 0.15) is 41.7 Å². The molecule has 282 valence electrons. The third kappa shape index (κ3) is 8.38. The van der Waals surface area contributed by atoms with Crippen LogP contribution in [0, 0.1) is 13.8 Å². The van der Waals surface area contributed by atoms with Gasteiger partial charge in [0.15, 0.2) is 5.78 Å². The molecular weight excluding hydrogens is 700 g/mol. The SMILES string of the molecule is Cc1ccc(N(CC(=O)O)CC(=O)O)c(OCCOc2cc(C3=C4C=CC(=O)C=C4C(C)(C)c4cc(O)ccc43)c(C)cc2N(CC(=O)O)CC(=O)O)c1. The van der Waals surface area contributed by atoms with Gasteiger partial charge in [0.05, 0.1) is 11.4 Å². The summed E-state index contributed by atoms with van der Waals surface area (Å²) in [4.78, 5) is 61.9. The van der Waals surface area contributed by atoms with E-state index in [9.17, 15) is 49.5 Å². The number of carboxylic acid groups (broad SMARTS) is 4. The van der Waals surface area contributed by atoms with Crippen LogP contribution in [0.3, 0.4) is 0 Å². The molecule has 0 spiro atoms. The Morgan fingerprint density at radius 2 is 1.24 bits per heavy atom. The van der Waals surface area contributed by atoms with Crippen molar-refractivity contribution in [3.63, 3.8) is 0 Å². The molecule has 0 saturated carbocycles. The number of fused-ring (bicyclic) bond motifs is 2. The molecule has 0 atom stereocenters. The van der Waals surface area contributed by atoms with Gasteiger partial charge >= 0.3 is 23.9 Å². The lowest BCUT2D eigenvalue weighted by Crippen LogP contribution is -2.35. The summed E-state index contributed by atoms with van der Waals surface area (Å²) in [5.41, 5.74) is 5.54. The molecule has 0 fully saturated rings. The molecule has 0 amide bonds. The molecule has 0 saturated heterocycles. The number of carbonyl (C=O) groups is 5. The Hall–Kier alpha value is -6.57. The van der Waals surface area contributed by atoms with E-state index in [1.54, 1.807) is 74.5 Å². The Bertz CT molecular complexity index is 2110. The quantitative estimate of drug-likeness (QED) is 0.127. The van der Waals surface area contributed by atoms with Crippen LogP contribution in [0.15, 0.2) is 77.9 Å². The number of allylic oxidation sites excluding steroid dienone is 5. The first-order valence-corrected chi connectivity index (χ1v) is 16.9. The molecule has 0 aliphatic heterocycles. The lowest BCUT2D eigenvalue weighted by Gasteiger charge is -2.39. The molecule has 3 aromatic carbocycles. The summed E-state index contributed by atoms with van der Waals surface area (Å²) in [6, 6.07) is 13.2. The van der Waals surface area contributed by atoms with Crippen molar-refractivity contribution in [3.8, 4) is 17.2 Å². The van der Waals surface area contributed by atoms with E-state index in [2.05, 4.69) is 0 Å². The molecule has 0 radical (unpaired) electrons. The second-order valence-electron chi connectivity index (χ2n) is 13.5. The zero-order valence-electron chi connectivity index (χ0n) is 30.1. The molecule has 0 aromatic heterocycles. The standard InChI is InChI=1S/C40H40N2O12/c1-22-5-10-31(41(18-35(45)46)19-36(47)48)33(13-22)53-11-12-54-34-17-28(23(2)14-32(34)42(20-37(49)50)21-38(51)52)39-26-8-6-24(43)15-29(26)40(3,4)30-16-25(44)7-9-27(30)39/h5-10,13-17,43H,11-12,18-21H2,1-4H3,(H,45,46)(H,47,48)(H,49,50)(H,51,52). The molecule has 5 N–H and O–H groups in total. The van der Waals surface area contributed by atoms with Crippen molar-refractivity contribution >= 4 is 46.6 Å². The van der Waals surface area contributed by atoms with Crippen LogP contribution < -0.4 is 19.3 Å². The van der Waals surface area contributed by atoms with Crippen LogP contribution in [0.4, 0.5) is 11.4 Å². The normalized spacial score (nSPS) is 14.1. The summed E-state index contributed by atoms with van der Waals surface area (Å²) >= 11 is 0. The maximum Gasteiger partial charge on any atom is 0.323 e. The number of aromatic hydroxyl groups is 1. The van der Waals surface area contributed by atoms with Crippen molar-refractivity contribution in [2.45, 2.75) is 33.1 Å². The van der Waals surface area contributed by atoms with Crippen molar-refractivity contribution < 1.29 is 59.0 Å². The molecule has 0 bridgehead atoms. The van der Waals surface area contributed by atoms with E-state index >= 15 is 0 Å². The highest BCUT2D eigenvalue weighted by Gasteiger charge is 2.39. The van der Waals surface area contributed by atoms with Gasteiger partial charge < -0.3 is 44.8 Å². The van der Waals surface area contributed by atoms with Gasteiger partial charge in [0.1, 0.15) is 56.6 Å². The number of hydrogen-bond acceptors (Lipinski definition) is 10. The Morgan fingerprint density at radius 1 is 0.685 bits per heavy atom. The number of nitrogens with zero attached hydrogens (tertiary/aromatic N) is 2. The number of ether oxygens (including phenoxy) is 2. The summed E-state index contributed by atoms with van der Waals surface area (Å²) in [6.45, 7) is 4.70. The predicted molar refractivity (Wildman–Crippen MR) is 198 cm³/mol. The lowest BCUT2D eigenvalue weighted by molar-refractivity contribution is -0.138. The molecule has 3 aromatic rings. The maximum atomic E-state index is 12.6. The number of phenolic OH excluding ortho intramolecular Hbond substituents is 1. The fourth-order valence-corrected chi connectivity index (χ4v) is 6.82. The molecular formula is C40H40N2O12. The zero-order valence-corrected chi connectivity index (χ0v) is 30.1. The van der Waals surface area contributed by atoms with Crippen molar-refractivity contribution in [2.24, 2.45) is 0 Å². The number of anilines is 2. The van der Waals surface area contributed by atoms with Gasteiger partial charge in [-0.15, -0.1) is 0 Å². The molecule has 0 unspecified atom stereocenters. The zero-order chi connectivity index (χ0) is 39.5. The number of carboxylic acids is 4. The minimum atomic E-state index is -1.27. The van der Waals surface area contributed by atoms with Crippen LogP contribution in [0.25, 0.3) is 5.57 Å². The topological polar surface area (TPSA) is 211 Å². The molecule has 14 heteroatoms. The number of ketones is 1. The highest BCUT2D eigenvalue weighted by molar-refractivity contribution is 6.06. The average molecular weight is 741 g/mol. The summed E-state index contributed by atoms with van der Waals surface area (Å²) in [5.74, 6) is -4.83. The first-order valence-electron chi connectivity index (χ1n) is 16.9. The fourth-order valence-electron chi connectivity index (χ4n) is 6.82. The fraction of sp³-hybridized carbons (Fsp3) is 0.275. The number of aryl methyl sites for hydroxylation is 2. The number of aliphatic carboxylic acids is 4. The molecule has 2 aliphatic rings. The van der Waals surface area contributed by atoms with Crippen molar-refractivity contribution in [1.82, 2.24) is 0 Å². The number of hydrogen-bond donors (Lipinski definition) is 5. The first kappa shape index (κ1) is 38.7. The number of rotatable bonds is 16. The van der Waals surface area contributed by atoms with E-state index in [1.165, 1.54) is 6.08 Å². The Morgan fingerprint density at radius 3 is 1.81 bits per heavy atom. The smallest absolute Gasteiger partial charge is 0.323 e. The first-order chi connectivity index (χ1) is 25.5. The van der Waals surface area contributed by atoms with Crippen LogP contribution in [0.5, 0.6) is 17.2 Å². The minimum absolute atomic E-state index is 0.0442. The van der Waals surface area contributed by atoms with Gasteiger partial charge in [-0.2, -0.15) is 0 Å². The van der Waals surface area contributed by atoms with Gasteiger partial charge in [-0.1, -0.05) is 32.1 Å². The van der Waals surface area contributed by atoms with E-state index in [0.29, 0.717) is 16.7 Å². The van der Waals surface area contributed by atoms with E-state index < -0.39 is 55.5 Å². The van der Waals surface area contributed by atoms with E-state index in [1.807, 2.05) is 13.8 Å². The van der Waals surface area contributed by atoms with E-state index in [-0.39, 0.29) is 47.6 Å². The molecule has 2 aliphatic carbocycles. The van der Waals surface area contributed by atoms with Crippen LogP contribution >= 0.6 is 0 Å². The Kier molecular flexibility index (Phi) is 11.2. The van der Waals surface area contributed by atoms with E-state index in [4.69, 9.17) is 9.47 Å². The second-order valence-corrected chi connectivity index (χ2v) is 13.5. The van der Waals surface area contributed by atoms with Gasteiger partial charge in [0.2, 0.25) is 0 Å². The van der Waals surface area contributed by atoms with Gasteiger partial charge in [0.25, 0.3) is 0 Å². The summed E-state index contributed by atoms with van der Waals surface area (Å²) < 4.78 is 12.3. The summed E-state index contributed by atoms with van der Waals surface area (Å²) in [6.07, 6.45) is 4.77. The van der Waals surface area contributed by atoms with Crippen molar-refractivity contribution in [3.05, 3.63) is 106 Å². The Labute approximate surface area is 310 Å². The van der Waals surface area contributed by atoms with Gasteiger partial charge in [-0.05, 0) is 107 Å². The Balaban J connectivity index is 1.59. The largest absolute Gasteiger partial charge is 0.508 e. The predicted octanol–water partition coefficient (Wildman–Crippen LogP) is 4.58. The third-order valence-corrected chi connectivity index (χ3v) is 9.15.